The molecule has 0 unspecified atom stereocenters. The van der Waals surface area contributed by atoms with Gasteiger partial charge in [0.1, 0.15) is 19.0 Å². The van der Waals surface area contributed by atoms with E-state index in [-0.39, 0.29) is 24.7 Å². The molecule has 0 saturated carbocycles. The van der Waals surface area contributed by atoms with Crippen molar-refractivity contribution in [1.82, 2.24) is 4.98 Å². The SMILES string of the molecule is O=C(Cc1cc2c(cc1Br)OCCO2)N(Cc1ccccn1)c1ccc(F)cc1. The van der Waals surface area contributed by atoms with Gasteiger partial charge in [-0.2, -0.15) is 0 Å². The summed E-state index contributed by atoms with van der Waals surface area (Å²) >= 11 is 3.52. The van der Waals surface area contributed by atoms with Crippen LogP contribution < -0.4 is 14.4 Å². The summed E-state index contributed by atoms with van der Waals surface area (Å²) in [6, 6.07) is 15.0. The number of anilines is 1. The lowest BCUT2D eigenvalue weighted by Crippen LogP contribution is -2.32. The number of halogens is 2. The first-order valence-corrected chi connectivity index (χ1v) is 9.93. The molecule has 4 rings (SSSR count). The van der Waals surface area contributed by atoms with E-state index in [0.29, 0.717) is 30.4 Å². The Hall–Kier alpha value is -2.93. The first-order chi connectivity index (χ1) is 14.1. The molecule has 2 heterocycles. The Balaban J connectivity index is 1.62. The quantitative estimate of drug-likeness (QED) is 0.565. The molecular weight excluding hydrogens is 439 g/mol. The maximum absolute atomic E-state index is 13.4. The van der Waals surface area contributed by atoms with Crippen molar-refractivity contribution < 1.29 is 18.7 Å². The second-order valence-electron chi connectivity index (χ2n) is 6.54. The Labute approximate surface area is 176 Å². The molecule has 0 spiro atoms. The summed E-state index contributed by atoms with van der Waals surface area (Å²) in [4.78, 5) is 19.1. The lowest BCUT2D eigenvalue weighted by Gasteiger charge is -2.24. The third-order valence-corrected chi connectivity index (χ3v) is 5.28. The average molecular weight is 457 g/mol. The van der Waals surface area contributed by atoms with Gasteiger partial charge in [-0.1, -0.05) is 22.0 Å². The van der Waals surface area contributed by atoms with Crippen LogP contribution in [0.1, 0.15) is 11.3 Å². The number of ether oxygens (including phenoxy) is 2. The molecule has 3 aromatic rings. The predicted octanol–water partition coefficient (Wildman–Crippen LogP) is 4.53. The van der Waals surface area contributed by atoms with Crippen molar-refractivity contribution in [2.45, 2.75) is 13.0 Å². The van der Waals surface area contributed by atoms with Crippen LogP contribution in [0.2, 0.25) is 0 Å². The number of nitrogens with zero attached hydrogens (tertiary/aromatic N) is 2. The summed E-state index contributed by atoms with van der Waals surface area (Å²) in [6.07, 6.45) is 1.82. The molecule has 0 radical (unpaired) electrons. The van der Waals surface area contributed by atoms with Gasteiger partial charge in [-0.25, -0.2) is 4.39 Å². The number of hydrogen-bond acceptors (Lipinski definition) is 4. The van der Waals surface area contributed by atoms with Crippen LogP contribution in [0, 0.1) is 5.82 Å². The van der Waals surface area contributed by atoms with Crippen molar-refractivity contribution in [3.63, 3.8) is 0 Å². The molecule has 1 aliphatic heterocycles. The molecule has 0 N–H and O–H groups in total. The molecule has 0 aliphatic carbocycles. The zero-order valence-corrected chi connectivity index (χ0v) is 17.1. The molecule has 0 fully saturated rings. The Kier molecular flexibility index (Phi) is 5.76. The van der Waals surface area contributed by atoms with Gasteiger partial charge in [0.15, 0.2) is 11.5 Å². The minimum atomic E-state index is -0.353. The third kappa shape index (κ3) is 4.56. The van der Waals surface area contributed by atoms with Crippen LogP contribution in [0.4, 0.5) is 10.1 Å². The van der Waals surface area contributed by atoms with Crippen LogP contribution in [0.25, 0.3) is 0 Å². The van der Waals surface area contributed by atoms with Crippen molar-refractivity contribution >= 4 is 27.5 Å². The molecule has 148 valence electrons. The van der Waals surface area contributed by atoms with Crippen LogP contribution in [0.15, 0.2) is 65.3 Å². The van der Waals surface area contributed by atoms with Gasteiger partial charge in [0, 0.05) is 16.4 Å². The van der Waals surface area contributed by atoms with E-state index in [1.54, 1.807) is 23.2 Å². The van der Waals surface area contributed by atoms with E-state index in [1.807, 2.05) is 30.3 Å². The zero-order valence-electron chi connectivity index (χ0n) is 15.5. The fraction of sp³-hybridized carbons (Fsp3) is 0.182. The van der Waals surface area contributed by atoms with Crippen LogP contribution in [-0.4, -0.2) is 24.1 Å². The van der Waals surface area contributed by atoms with E-state index in [1.165, 1.54) is 12.1 Å². The van der Waals surface area contributed by atoms with Gasteiger partial charge in [-0.15, -0.1) is 0 Å². The van der Waals surface area contributed by atoms with Gasteiger partial charge in [-0.3, -0.25) is 9.78 Å². The molecule has 0 saturated heterocycles. The van der Waals surface area contributed by atoms with E-state index in [0.717, 1.165) is 15.7 Å². The number of carbonyl (C=O) groups is 1. The minimum Gasteiger partial charge on any atom is -0.486 e. The van der Waals surface area contributed by atoms with E-state index in [2.05, 4.69) is 20.9 Å². The number of hydrogen-bond donors (Lipinski definition) is 0. The number of pyridine rings is 1. The topological polar surface area (TPSA) is 51.7 Å². The van der Waals surface area contributed by atoms with Crippen LogP contribution in [0.5, 0.6) is 11.5 Å². The standard InChI is InChI=1S/C22H18BrFN2O3/c23-19-13-21-20(28-9-10-29-21)11-15(19)12-22(27)26(14-17-3-1-2-8-25-17)18-6-4-16(24)5-7-18/h1-8,11,13H,9-10,12,14H2. The zero-order chi connectivity index (χ0) is 20.2. The summed E-state index contributed by atoms with van der Waals surface area (Å²) in [5, 5.41) is 0. The molecule has 1 aromatic heterocycles. The highest BCUT2D eigenvalue weighted by Gasteiger charge is 2.21. The Morgan fingerprint density at radius 3 is 2.48 bits per heavy atom. The first kappa shape index (κ1) is 19.4. The number of carbonyl (C=O) groups excluding carboxylic acids is 1. The second kappa shape index (κ2) is 8.61. The molecule has 5 nitrogen and oxygen atoms in total. The highest BCUT2D eigenvalue weighted by Crippen LogP contribution is 2.36. The van der Waals surface area contributed by atoms with Gasteiger partial charge >= 0.3 is 0 Å². The van der Waals surface area contributed by atoms with Crippen LogP contribution in [0.3, 0.4) is 0 Å². The van der Waals surface area contributed by atoms with Crippen LogP contribution in [-0.2, 0) is 17.8 Å². The smallest absolute Gasteiger partial charge is 0.231 e. The third-order valence-electron chi connectivity index (χ3n) is 4.54. The molecule has 1 amide bonds. The molecular formula is C22H18BrFN2O3. The fourth-order valence-electron chi connectivity index (χ4n) is 3.10. The van der Waals surface area contributed by atoms with Crippen LogP contribution >= 0.6 is 15.9 Å². The fourth-order valence-corrected chi connectivity index (χ4v) is 3.56. The Morgan fingerprint density at radius 1 is 1.07 bits per heavy atom. The Morgan fingerprint density at radius 2 is 1.79 bits per heavy atom. The number of aromatic nitrogens is 1. The van der Waals surface area contributed by atoms with E-state index in [9.17, 15) is 9.18 Å². The first-order valence-electron chi connectivity index (χ1n) is 9.14. The van der Waals surface area contributed by atoms with Crippen molar-refractivity contribution in [1.29, 1.82) is 0 Å². The monoisotopic (exact) mass is 456 g/mol. The lowest BCUT2D eigenvalue weighted by molar-refractivity contribution is -0.118. The number of amides is 1. The maximum Gasteiger partial charge on any atom is 0.231 e. The van der Waals surface area contributed by atoms with Crippen molar-refractivity contribution in [2.75, 3.05) is 18.1 Å². The van der Waals surface area contributed by atoms with E-state index in [4.69, 9.17) is 9.47 Å². The summed E-state index contributed by atoms with van der Waals surface area (Å²) in [5.41, 5.74) is 2.13. The van der Waals surface area contributed by atoms with Crippen molar-refractivity contribution in [3.05, 3.63) is 82.3 Å². The van der Waals surface area contributed by atoms with E-state index >= 15 is 0 Å². The molecule has 0 atom stereocenters. The number of fused-ring (bicyclic) bond motifs is 1. The average Bonchev–Trinajstić information content (AvgIpc) is 2.74. The molecule has 7 heteroatoms. The largest absolute Gasteiger partial charge is 0.486 e. The summed E-state index contributed by atoms with van der Waals surface area (Å²) < 4.78 is 25.4. The van der Waals surface area contributed by atoms with Gasteiger partial charge in [-0.05, 0) is 54.1 Å². The highest BCUT2D eigenvalue weighted by molar-refractivity contribution is 9.10. The highest BCUT2D eigenvalue weighted by atomic mass is 79.9. The van der Waals surface area contributed by atoms with Gasteiger partial charge in [0.25, 0.3) is 0 Å². The van der Waals surface area contributed by atoms with Crippen molar-refractivity contribution in [2.24, 2.45) is 0 Å². The van der Waals surface area contributed by atoms with Gasteiger partial charge < -0.3 is 14.4 Å². The second-order valence-corrected chi connectivity index (χ2v) is 7.40. The maximum atomic E-state index is 13.4. The number of benzene rings is 2. The molecule has 2 aromatic carbocycles. The molecule has 29 heavy (non-hydrogen) atoms. The molecule has 0 bridgehead atoms. The lowest BCUT2D eigenvalue weighted by atomic mass is 10.1. The summed E-state index contributed by atoms with van der Waals surface area (Å²) in [7, 11) is 0. The predicted molar refractivity (Wildman–Crippen MR) is 111 cm³/mol. The van der Waals surface area contributed by atoms with Gasteiger partial charge in [0.05, 0.1) is 18.7 Å². The minimum absolute atomic E-state index is 0.139. The normalized spacial score (nSPS) is 12.5. The van der Waals surface area contributed by atoms with Crippen molar-refractivity contribution in [3.8, 4) is 11.5 Å². The number of rotatable bonds is 5. The summed E-state index contributed by atoms with van der Waals surface area (Å²) in [6.45, 7) is 1.26. The molecule has 1 aliphatic rings. The van der Waals surface area contributed by atoms with Gasteiger partial charge in [0.2, 0.25) is 5.91 Å². The summed E-state index contributed by atoms with van der Waals surface area (Å²) in [5.74, 6) is 0.789. The Bertz CT molecular complexity index is 1010. The van der Waals surface area contributed by atoms with E-state index < -0.39 is 0 Å².